The van der Waals surface area contributed by atoms with Gasteiger partial charge in [0.05, 0.1) is 10.0 Å². The highest BCUT2D eigenvalue weighted by molar-refractivity contribution is 6.37. The van der Waals surface area contributed by atoms with Gasteiger partial charge in [-0.25, -0.2) is 0 Å². The van der Waals surface area contributed by atoms with Gasteiger partial charge in [0.1, 0.15) is 0 Å². The van der Waals surface area contributed by atoms with Gasteiger partial charge in [-0.3, -0.25) is 0 Å². The van der Waals surface area contributed by atoms with Crippen LogP contribution in [0.25, 0.3) is 11.4 Å². The number of aromatic hydroxyl groups is 1. The monoisotopic (exact) mass is 480 g/mol. The molecule has 0 bridgehead atoms. The topological polar surface area (TPSA) is 79.4 Å². The lowest BCUT2D eigenvalue weighted by Crippen LogP contribution is -2.29. The largest absolute Gasteiger partial charge is 0.505 e. The second kappa shape index (κ2) is 8.10. The quantitative estimate of drug-likeness (QED) is 0.355. The third-order valence-electron chi connectivity index (χ3n) is 4.53. The maximum atomic E-state index is 11.7. The predicted octanol–water partition coefficient (Wildman–Crippen LogP) is 6.34. The third-order valence-corrected chi connectivity index (χ3v) is 5.61. The van der Waals surface area contributed by atoms with Crippen molar-refractivity contribution in [2.75, 3.05) is 0 Å². The molecule has 0 aliphatic carbocycles. The van der Waals surface area contributed by atoms with Gasteiger partial charge < -0.3 is 14.7 Å². The molecule has 152 valence electrons. The summed E-state index contributed by atoms with van der Waals surface area (Å²) in [4.78, 5) is 4.37. The molecular formula is C21H12Cl4N2O3. The minimum absolute atomic E-state index is 0.0366. The van der Waals surface area contributed by atoms with Gasteiger partial charge in [-0.2, -0.15) is 4.98 Å². The molecule has 0 saturated carbocycles. The molecule has 1 heterocycles. The second-order valence-corrected chi connectivity index (χ2v) is 8.12. The third kappa shape index (κ3) is 3.75. The van der Waals surface area contributed by atoms with Gasteiger partial charge in [-0.1, -0.05) is 75.8 Å². The minimum atomic E-state index is -1.77. The van der Waals surface area contributed by atoms with E-state index in [1.807, 2.05) is 0 Å². The van der Waals surface area contributed by atoms with Gasteiger partial charge in [-0.15, -0.1) is 0 Å². The molecule has 9 heteroatoms. The van der Waals surface area contributed by atoms with E-state index in [9.17, 15) is 10.2 Å². The number of nitrogens with zero attached hydrogens (tertiary/aromatic N) is 2. The van der Waals surface area contributed by atoms with Crippen LogP contribution in [0.4, 0.5) is 0 Å². The lowest BCUT2D eigenvalue weighted by Gasteiger charge is -2.25. The Hall–Kier alpha value is -2.28. The van der Waals surface area contributed by atoms with Gasteiger partial charge in [-0.05, 0) is 47.5 Å². The summed E-state index contributed by atoms with van der Waals surface area (Å²) >= 11 is 24.0. The highest BCUT2D eigenvalue weighted by Crippen LogP contribution is 2.39. The van der Waals surface area contributed by atoms with Crippen molar-refractivity contribution in [1.29, 1.82) is 0 Å². The Morgan fingerprint density at radius 1 is 0.767 bits per heavy atom. The first kappa shape index (κ1) is 21.0. The standard InChI is InChI=1S/C21H12Cl4N2O3/c22-14-5-1-12(2-6-14)21(29,13-3-7-15(23)8-4-13)20-26-19(27-30-20)11-9-16(24)18(28)17(25)10-11/h1-10,28-29H. The fourth-order valence-electron chi connectivity index (χ4n) is 2.98. The first-order valence-corrected chi connectivity index (χ1v) is 10.1. The Kier molecular flexibility index (Phi) is 5.66. The Bertz CT molecular complexity index is 1140. The van der Waals surface area contributed by atoms with Crippen molar-refractivity contribution in [1.82, 2.24) is 10.1 Å². The first-order chi connectivity index (χ1) is 14.3. The fourth-order valence-corrected chi connectivity index (χ4v) is 3.72. The molecule has 3 aromatic carbocycles. The van der Waals surface area contributed by atoms with Crippen LogP contribution in [-0.4, -0.2) is 20.4 Å². The molecule has 30 heavy (non-hydrogen) atoms. The molecule has 4 rings (SSSR count). The average Bonchev–Trinajstić information content (AvgIpc) is 3.23. The zero-order chi connectivity index (χ0) is 21.5. The van der Waals surface area contributed by atoms with Gasteiger partial charge >= 0.3 is 0 Å². The van der Waals surface area contributed by atoms with E-state index < -0.39 is 5.60 Å². The zero-order valence-electron chi connectivity index (χ0n) is 15.0. The molecule has 0 aliphatic rings. The molecule has 0 saturated heterocycles. The van der Waals surface area contributed by atoms with E-state index in [2.05, 4.69) is 10.1 Å². The van der Waals surface area contributed by atoms with Crippen LogP contribution >= 0.6 is 46.4 Å². The van der Waals surface area contributed by atoms with Crippen LogP contribution in [0.5, 0.6) is 5.75 Å². The van der Waals surface area contributed by atoms with E-state index in [0.29, 0.717) is 26.7 Å². The second-order valence-electron chi connectivity index (χ2n) is 6.44. The van der Waals surface area contributed by atoms with E-state index in [1.165, 1.54) is 12.1 Å². The summed E-state index contributed by atoms with van der Waals surface area (Å²) in [5.41, 5.74) is -0.435. The smallest absolute Gasteiger partial charge is 0.268 e. The number of phenolic OH excluding ortho intramolecular Hbond substituents is 1. The number of aromatic nitrogens is 2. The summed E-state index contributed by atoms with van der Waals surface area (Å²) in [5.74, 6) is -0.192. The summed E-state index contributed by atoms with van der Waals surface area (Å²) in [6.45, 7) is 0. The number of rotatable bonds is 4. The number of phenols is 1. The van der Waals surface area contributed by atoms with Gasteiger partial charge in [0.25, 0.3) is 5.89 Å². The van der Waals surface area contributed by atoms with Crippen molar-refractivity contribution in [3.05, 3.63) is 97.8 Å². The van der Waals surface area contributed by atoms with Crippen LogP contribution in [0.3, 0.4) is 0 Å². The molecule has 0 aliphatic heterocycles. The Morgan fingerprint density at radius 2 is 1.23 bits per heavy atom. The van der Waals surface area contributed by atoms with Gasteiger partial charge in [0, 0.05) is 15.6 Å². The number of hydrogen-bond acceptors (Lipinski definition) is 5. The minimum Gasteiger partial charge on any atom is -0.505 e. The van der Waals surface area contributed by atoms with Crippen molar-refractivity contribution in [3.8, 4) is 17.1 Å². The lowest BCUT2D eigenvalue weighted by atomic mass is 9.86. The Morgan fingerprint density at radius 3 is 1.70 bits per heavy atom. The number of halogens is 4. The summed E-state index contributed by atoms with van der Waals surface area (Å²) in [5, 5.41) is 26.6. The molecular weight excluding hydrogens is 470 g/mol. The summed E-state index contributed by atoms with van der Waals surface area (Å²) in [6.07, 6.45) is 0. The maximum absolute atomic E-state index is 11.7. The molecule has 1 aromatic heterocycles. The fraction of sp³-hybridized carbons (Fsp3) is 0.0476. The lowest BCUT2D eigenvalue weighted by molar-refractivity contribution is 0.0850. The van der Waals surface area contributed by atoms with Crippen molar-refractivity contribution in [2.45, 2.75) is 5.60 Å². The van der Waals surface area contributed by atoms with Crippen LogP contribution < -0.4 is 0 Å². The maximum Gasteiger partial charge on any atom is 0.268 e. The highest BCUT2D eigenvalue weighted by Gasteiger charge is 2.40. The zero-order valence-corrected chi connectivity index (χ0v) is 18.0. The van der Waals surface area contributed by atoms with Crippen LogP contribution in [0.2, 0.25) is 20.1 Å². The van der Waals surface area contributed by atoms with Crippen molar-refractivity contribution in [2.24, 2.45) is 0 Å². The van der Waals surface area contributed by atoms with Crippen LogP contribution in [0, 0.1) is 0 Å². The van der Waals surface area contributed by atoms with Crippen molar-refractivity contribution in [3.63, 3.8) is 0 Å². The molecule has 5 nitrogen and oxygen atoms in total. The Balaban J connectivity index is 1.87. The molecule has 2 N–H and O–H groups in total. The number of hydrogen-bond donors (Lipinski definition) is 2. The molecule has 0 amide bonds. The van der Waals surface area contributed by atoms with E-state index in [1.54, 1.807) is 48.5 Å². The van der Waals surface area contributed by atoms with Gasteiger partial charge in [0.15, 0.2) is 11.4 Å². The van der Waals surface area contributed by atoms with E-state index in [4.69, 9.17) is 50.9 Å². The molecule has 0 fully saturated rings. The van der Waals surface area contributed by atoms with Gasteiger partial charge in [0.2, 0.25) is 5.82 Å². The van der Waals surface area contributed by atoms with Crippen molar-refractivity contribution < 1.29 is 14.7 Å². The molecule has 0 unspecified atom stereocenters. The number of benzene rings is 3. The Labute approximate surface area is 191 Å². The normalized spacial score (nSPS) is 11.6. The summed E-state index contributed by atoms with van der Waals surface area (Å²) in [7, 11) is 0. The molecule has 4 aromatic rings. The van der Waals surface area contributed by atoms with Crippen LogP contribution in [0.15, 0.2) is 65.2 Å². The average molecular weight is 482 g/mol. The van der Waals surface area contributed by atoms with Crippen molar-refractivity contribution >= 4 is 46.4 Å². The predicted molar refractivity (Wildman–Crippen MR) is 116 cm³/mol. The molecule has 0 radical (unpaired) electrons. The van der Waals surface area contributed by atoms with E-state index >= 15 is 0 Å². The summed E-state index contributed by atoms with van der Waals surface area (Å²) in [6, 6.07) is 16.1. The van der Waals surface area contributed by atoms with E-state index in [0.717, 1.165) is 0 Å². The van der Waals surface area contributed by atoms with E-state index in [-0.39, 0.29) is 27.5 Å². The molecule has 0 spiro atoms. The highest BCUT2D eigenvalue weighted by atomic mass is 35.5. The first-order valence-electron chi connectivity index (χ1n) is 8.56. The number of aliphatic hydroxyl groups is 1. The summed E-state index contributed by atoms with van der Waals surface area (Å²) < 4.78 is 5.44. The van der Waals surface area contributed by atoms with Crippen LogP contribution in [-0.2, 0) is 5.60 Å². The van der Waals surface area contributed by atoms with Crippen LogP contribution in [0.1, 0.15) is 17.0 Å². The SMILES string of the molecule is Oc1c(Cl)cc(-c2noc(C(O)(c3ccc(Cl)cc3)c3ccc(Cl)cc3)n2)cc1Cl. The molecule has 0 atom stereocenters.